The Morgan fingerprint density at radius 2 is 2.00 bits per heavy atom. The first kappa shape index (κ1) is 14.7. The topological polar surface area (TPSA) is 15.3 Å². The molecule has 0 radical (unpaired) electrons. The Balaban J connectivity index is 1.98. The van der Waals surface area contributed by atoms with E-state index in [4.69, 9.17) is 0 Å². The van der Waals surface area contributed by atoms with Crippen LogP contribution in [0.1, 0.15) is 47.0 Å². The van der Waals surface area contributed by atoms with E-state index in [1.165, 1.54) is 43.9 Å². The van der Waals surface area contributed by atoms with Gasteiger partial charge in [0.15, 0.2) is 0 Å². The highest BCUT2D eigenvalue weighted by molar-refractivity contribution is 7.99. The van der Waals surface area contributed by atoms with Crippen molar-refractivity contribution in [3.8, 4) is 0 Å². The summed E-state index contributed by atoms with van der Waals surface area (Å²) < 4.78 is 0. The van der Waals surface area contributed by atoms with Crippen LogP contribution in [0.3, 0.4) is 0 Å². The highest BCUT2D eigenvalue weighted by Gasteiger charge is 2.48. The van der Waals surface area contributed by atoms with Gasteiger partial charge in [0.25, 0.3) is 0 Å². The van der Waals surface area contributed by atoms with Crippen LogP contribution in [0, 0.1) is 5.92 Å². The second kappa shape index (κ2) is 5.72. The van der Waals surface area contributed by atoms with E-state index >= 15 is 0 Å². The summed E-state index contributed by atoms with van der Waals surface area (Å²) in [6, 6.07) is 0. The molecule has 0 bridgehead atoms. The van der Waals surface area contributed by atoms with E-state index in [2.05, 4.69) is 49.7 Å². The molecule has 2 nitrogen and oxygen atoms in total. The maximum atomic E-state index is 3.87. The summed E-state index contributed by atoms with van der Waals surface area (Å²) in [5.74, 6) is 3.46. The molecular weight excluding hydrogens is 240 g/mol. The van der Waals surface area contributed by atoms with Gasteiger partial charge in [-0.25, -0.2) is 0 Å². The lowest BCUT2D eigenvalue weighted by molar-refractivity contribution is 0.0158. The van der Waals surface area contributed by atoms with E-state index in [0.717, 1.165) is 12.5 Å². The van der Waals surface area contributed by atoms with Crippen LogP contribution < -0.4 is 5.32 Å². The molecule has 2 unspecified atom stereocenters. The van der Waals surface area contributed by atoms with Crippen molar-refractivity contribution >= 4 is 11.8 Å². The zero-order valence-electron chi connectivity index (χ0n) is 12.6. The first-order valence-corrected chi connectivity index (χ1v) is 8.77. The van der Waals surface area contributed by atoms with Gasteiger partial charge >= 0.3 is 0 Å². The lowest BCUT2D eigenvalue weighted by Crippen LogP contribution is -2.69. The summed E-state index contributed by atoms with van der Waals surface area (Å²) in [7, 11) is 0. The third-order valence-corrected chi connectivity index (χ3v) is 5.99. The van der Waals surface area contributed by atoms with Crippen LogP contribution in [0.25, 0.3) is 0 Å². The smallest absolute Gasteiger partial charge is 0.0309 e. The van der Waals surface area contributed by atoms with Gasteiger partial charge in [-0.05, 0) is 44.8 Å². The molecule has 106 valence electrons. The summed E-state index contributed by atoms with van der Waals surface area (Å²) in [5, 5.41) is 3.87. The normalized spacial score (nSPS) is 38.0. The minimum atomic E-state index is 0.364. The number of hydrogen-bond acceptors (Lipinski definition) is 3. The molecule has 0 spiro atoms. The summed E-state index contributed by atoms with van der Waals surface area (Å²) in [6.07, 6.45) is 4.12. The van der Waals surface area contributed by atoms with Crippen LogP contribution >= 0.6 is 11.8 Å². The molecule has 0 aromatic rings. The van der Waals surface area contributed by atoms with Gasteiger partial charge < -0.3 is 5.32 Å². The molecule has 3 heteroatoms. The van der Waals surface area contributed by atoms with E-state index in [-0.39, 0.29) is 0 Å². The van der Waals surface area contributed by atoms with Gasteiger partial charge in [-0.1, -0.05) is 13.8 Å². The predicted octanol–water partition coefficient (Wildman–Crippen LogP) is 2.98. The summed E-state index contributed by atoms with van der Waals surface area (Å²) >= 11 is 2.08. The van der Waals surface area contributed by atoms with Gasteiger partial charge in [0, 0.05) is 36.5 Å². The minimum absolute atomic E-state index is 0.364. The molecule has 0 amide bonds. The van der Waals surface area contributed by atoms with E-state index in [0.29, 0.717) is 11.1 Å². The first-order chi connectivity index (χ1) is 8.54. The Hall–Kier alpha value is 0.270. The fourth-order valence-corrected chi connectivity index (χ4v) is 3.80. The standard InChI is InChI=1S/C15H30N2S/c1-5-14(3)11-16-15(4,13-7-8-13)12-17(14)9-10-18-6-2/h13,16H,5-12H2,1-4H3. The second-order valence-electron chi connectivity index (χ2n) is 6.51. The fourth-order valence-electron chi connectivity index (χ4n) is 3.16. The van der Waals surface area contributed by atoms with Gasteiger partial charge in [-0.2, -0.15) is 11.8 Å². The average molecular weight is 270 g/mol. The number of rotatable bonds is 6. The van der Waals surface area contributed by atoms with Crippen LogP contribution in [0.5, 0.6) is 0 Å². The SMILES string of the molecule is CCSCCN1CC(C)(C2CC2)NCC1(C)CC. The first-order valence-electron chi connectivity index (χ1n) is 7.62. The number of nitrogens with one attached hydrogen (secondary N) is 1. The molecule has 1 saturated heterocycles. The molecule has 18 heavy (non-hydrogen) atoms. The van der Waals surface area contributed by atoms with Crippen LogP contribution in [0.15, 0.2) is 0 Å². The molecule has 1 N–H and O–H groups in total. The Kier molecular flexibility index (Phi) is 4.66. The molecule has 1 saturated carbocycles. The zero-order valence-corrected chi connectivity index (χ0v) is 13.4. The fraction of sp³-hybridized carbons (Fsp3) is 1.00. The van der Waals surface area contributed by atoms with E-state index in [1.807, 2.05) is 0 Å². The largest absolute Gasteiger partial charge is 0.308 e. The summed E-state index contributed by atoms with van der Waals surface area (Å²) in [6.45, 7) is 13.1. The van der Waals surface area contributed by atoms with Crippen molar-refractivity contribution in [2.45, 2.75) is 58.0 Å². The molecule has 1 heterocycles. The zero-order chi connectivity index (χ0) is 13.2. The Labute approximate surface area is 117 Å². The van der Waals surface area contributed by atoms with Crippen molar-refractivity contribution in [1.82, 2.24) is 10.2 Å². The van der Waals surface area contributed by atoms with Crippen LogP contribution in [-0.4, -0.2) is 47.1 Å². The Bertz CT molecular complexity index is 280. The minimum Gasteiger partial charge on any atom is -0.308 e. The lowest BCUT2D eigenvalue weighted by atomic mass is 9.84. The predicted molar refractivity (Wildman–Crippen MR) is 82.4 cm³/mol. The van der Waals surface area contributed by atoms with Crippen molar-refractivity contribution in [2.75, 3.05) is 31.1 Å². The molecule has 2 rings (SSSR count). The monoisotopic (exact) mass is 270 g/mol. The number of thioether (sulfide) groups is 1. The summed E-state index contributed by atoms with van der Waals surface area (Å²) in [4.78, 5) is 2.77. The molecule has 1 aliphatic carbocycles. The van der Waals surface area contributed by atoms with E-state index < -0.39 is 0 Å². The van der Waals surface area contributed by atoms with Crippen molar-refractivity contribution in [2.24, 2.45) is 5.92 Å². The Morgan fingerprint density at radius 3 is 2.56 bits per heavy atom. The molecule has 2 aliphatic rings. The van der Waals surface area contributed by atoms with Crippen LogP contribution in [0.2, 0.25) is 0 Å². The van der Waals surface area contributed by atoms with Crippen LogP contribution in [-0.2, 0) is 0 Å². The molecule has 2 atom stereocenters. The average Bonchev–Trinajstić information content (AvgIpc) is 3.19. The number of nitrogens with zero attached hydrogens (tertiary/aromatic N) is 1. The van der Waals surface area contributed by atoms with E-state index in [1.54, 1.807) is 0 Å². The van der Waals surface area contributed by atoms with Crippen molar-refractivity contribution in [1.29, 1.82) is 0 Å². The lowest BCUT2D eigenvalue weighted by Gasteiger charge is -2.52. The highest BCUT2D eigenvalue weighted by Crippen LogP contribution is 2.42. The maximum Gasteiger partial charge on any atom is 0.0309 e. The number of hydrogen-bond donors (Lipinski definition) is 1. The van der Waals surface area contributed by atoms with Gasteiger partial charge in [0.2, 0.25) is 0 Å². The molecule has 0 aromatic carbocycles. The van der Waals surface area contributed by atoms with Gasteiger partial charge in [-0.15, -0.1) is 0 Å². The van der Waals surface area contributed by atoms with Crippen LogP contribution in [0.4, 0.5) is 0 Å². The second-order valence-corrected chi connectivity index (χ2v) is 7.91. The Morgan fingerprint density at radius 1 is 1.28 bits per heavy atom. The molecular formula is C15H30N2S. The summed E-state index contributed by atoms with van der Waals surface area (Å²) in [5.41, 5.74) is 0.744. The number of piperazine rings is 1. The van der Waals surface area contributed by atoms with Crippen molar-refractivity contribution in [3.63, 3.8) is 0 Å². The van der Waals surface area contributed by atoms with Gasteiger partial charge in [-0.3, -0.25) is 4.90 Å². The molecule has 2 fully saturated rings. The van der Waals surface area contributed by atoms with Crippen molar-refractivity contribution in [3.05, 3.63) is 0 Å². The third kappa shape index (κ3) is 3.05. The van der Waals surface area contributed by atoms with Gasteiger partial charge in [0.1, 0.15) is 0 Å². The van der Waals surface area contributed by atoms with E-state index in [9.17, 15) is 0 Å². The quantitative estimate of drug-likeness (QED) is 0.747. The van der Waals surface area contributed by atoms with Gasteiger partial charge in [0.05, 0.1) is 0 Å². The van der Waals surface area contributed by atoms with Crippen molar-refractivity contribution < 1.29 is 0 Å². The highest BCUT2D eigenvalue weighted by atomic mass is 32.2. The molecule has 1 aliphatic heterocycles. The maximum absolute atomic E-state index is 3.87. The third-order valence-electron chi connectivity index (χ3n) is 5.11. The molecule has 0 aromatic heterocycles.